The van der Waals surface area contributed by atoms with E-state index in [0.29, 0.717) is 22.5 Å². The van der Waals surface area contributed by atoms with Crippen molar-refractivity contribution in [2.24, 2.45) is 0 Å². The second-order valence-corrected chi connectivity index (χ2v) is 6.48. The molecular formula is C13H14ClN3O2S. The van der Waals surface area contributed by atoms with Crippen molar-refractivity contribution in [1.82, 2.24) is 4.98 Å². The number of hydrogen-bond donors (Lipinski definition) is 2. The number of benzene rings is 1. The maximum absolute atomic E-state index is 12.1. The van der Waals surface area contributed by atoms with Crippen LogP contribution in [0, 0.1) is 6.92 Å². The Hall–Kier alpha value is -1.79. The number of nitrogen functional groups attached to an aromatic ring is 1. The van der Waals surface area contributed by atoms with E-state index in [1.165, 1.54) is 6.20 Å². The largest absolute Gasteiger partial charge is 0.399 e. The number of sulfonamides is 1. The summed E-state index contributed by atoms with van der Waals surface area (Å²) >= 11 is 5.90. The lowest BCUT2D eigenvalue weighted by Crippen LogP contribution is -2.16. The number of rotatable bonds is 4. The van der Waals surface area contributed by atoms with Crippen molar-refractivity contribution in [3.8, 4) is 0 Å². The van der Waals surface area contributed by atoms with Crippen LogP contribution in [0.2, 0.25) is 5.15 Å². The minimum absolute atomic E-state index is 0.130. The molecule has 0 aliphatic heterocycles. The first-order chi connectivity index (χ1) is 9.37. The number of nitrogens with zero attached hydrogens (tertiary/aromatic N) is 1. The van der Waals surface area contributed by atoms with Crippen molar-refractivity contribution >= 4 is 33.0 Å². The summed E-state index contributed by atoms with van der Waals surface area (Å²) in [5, 5.41) is 0.130. The fourth-order valence-electron chi connectivity index (χ4n) is 1.67. The molecule has 7 heteroatoms. The third-order valence-electron chi connectivity index (χ3n) is 2.71. The summed E-state index contributed by atoms with van der Waals surface area (Å²) in [4.78, 5) is 3.86. The van der Waals surface area contributed by atoms with Crippen LogP contribution in [0.5, 0.6) is 0 Å². The number of pyridine rings is 1. The SMILES string of the molecule is Cc1ccnc(Cl)c1NS(=O)(=O)Cc1ccc(N)cc1. The molecule has 0 bridgehead atoms. The average Bonchev–Trinajstić information content (AvgIpc) is 2.37. The summed E-state index contributed by atoms with van der Waals surface area (Å²) < 4.78 is 26.7. The number of anilines is 2. The van der Waals surface area contributed by atoms with E-state index in [-0.39, 0.29) is 10.9 Å². The molecule has 0 fully saturated rings. The summed E-state index contributed by atoms with van der Waals surface area (Å²) in [5.74, 6) is -0.155. The van der Waals surface area contributed by atoms with Gasteiger partial charge in [-0.25, -0.2) is 13.4 Å². The van der Waals surface area contributed by atoms with Gasteiger partial charge in [0.15, 0.2) is 5.15 Å². The van der Waals surface area contributed by atoms with Gasteiger partial charge in [0.05, 0.1) is 11.4 Å². The first kappa shape index (κ1) is 14.6. The number of nitrogens with one attached hydrogen (secondary N) is 1. The third-order valence-corrected chi connectivity index (χ3v) is 4.22. The van der Waals surface area contributed by atoms with Crippen LogP contribution in [-0.2, 0) is 15.8 Å². The van der Waals surface area contributed by atoms with Gasteiger partial charge in [0.25, 0.3) is 0 Å². The van der Waals surface area contributed by atoms with Gasteiger partial charge in [0.1, 0.15) is 0 Å². The molecule has 0 amide bonds. The van der Waals surface area contributed by atoms with E-state index in [0.717, 1.165) is 0 Å². The highest BCUT2D eigenvalue weighted by molar-refractivity contribution is 7.91. The van der Waals surface area contributed by atoms with E-state index in [1.54, 1.807) is 37.3 Å². The topological polar surface area (TPSA) is 85.1 Å². The Balaban J connectivity index is 2.21. The second-order valence-electron chi connectivity index (χ2n) is 4.40. The van der Waals surface area contributed by atoms with Crippen LogP contribution in [0.4, 0.5) is 11.4 Å². The van der Waals surface area contributed by atoms with Crippen LogP contribution in [0.1, 0.15) is 11.1 Å². The highest BCUT2D eigenvalue weighted by atomic mass is 35.5. The van der Waals surface area contributed by atoms with Crippen LogP contribution < -0.4 is 10.5 Å². The van der Waals surface area contributed by atoms with Crippen molar-refractivity contribution in [2.75, 3.05) is 10.5 Å². The van der Waals surface area contributed by atoms with E-state index >= 15 is 0 Å². The maximum atomic E-state index is 12.1. The molecule has 20 heavy (non-hydrogen) atoms. The molecule has 0 unspecified atom stereocenters. The van der Waals surface area contributed by atoms with Crippen LogP contribution in [0.25, 0.3) is 0 Å². The zero-order valence-electron chi connectivity index (χ0n) is 10.8. The molecule has 2 aromatic rings. The Morgan fingerprint density at radius 1 is 1.25 bits per heavy atom. The molecule has 0 radical (unpaired) electrons. The van der Waals surface area contributed by atoms with Gasteiger partial charge >= 0.3 is 0 Å². The number of nitrogens with two attached hydrogens (primary N) is 1. The van der Waals surface area contributed by atoms with E-state index in [9.17, 15) is 8.42 Å². The van der Waals surface area contributed by atoms with E-state index in [1.807, 2.05) is 0 Å². The van der Waals surface area contributed by atoms with Crippen molar-refractivity contribution in [3.05, 3.63) is 52.8 Å². The molecule has 0 saturated heterocycles. The van der Waals surface area contributed by atoms with Crippen LogP contribution >= 0.6 is 11.6 Å². The Bertz CT molecular complexity index is 695. The van der Waals surface area contributed by atoms with Crippen LogP contribution in [0.15, 0.2) is 36.5 Å². The number of aryl methyl sites for hydroxylation is 1. The zero-order valence-corrected chi connectivity index (χ0v) is 12.4. The second kappa shape index (κ2) is 5.68. The van der Waals surface area contributed by atoms with E-state index in [2.05, 4.69) is 9.71 Å². The Labute approximate surface area is 122 Å². The van der Waals surface area contributed by atoms with Crippen LogP contribution in [-0.4, -0.2) is 13.4 Å². The number of aromatic nitrogens is 1. The molecule has 1 aromatic heterocycles. The number of hydrogen-bond acceptors (Lipinski definition) is 4. The molecule has 0 saturated carbocycles. The van der Waals surface area contributed by atoms with Gasteiger partial charge in [-0.2, -0.15) is 0 Å². The van der Waals surface area contributed by atoms with Crippen molar-refractivity contribution in [1.29, 1.82) is 0 Å². The summed E-state index contributed by atoms with van der Waals surface area (Å²) in [6.45, 7) is 1.76. The zero-order chi connectivity index (χ0) is 14.8. The molecular weight excluding hydrogens is 298 g/mol. The molecule has 5 nitrogen and oxygen atoms in total. The molecule has 1 heterocycles. The summed E-state index contributed by atoms with van der Waals surface area (Å²) in [6, 6.07) is 8.35. The molecule has 0 aliphatic rings. The molecule has 106 valence electrons. The predicted molar refractivity (Wildman–Crippen MR) is 81.1 cm³/mol. The monoisotopic (exact) mass is 311 g/mol. The van der Waals surface area contributed by atoms with Gasteiger partial charge in [-0.1, -0.05) is 23.7 Å². The summed E-state index contributed by atoms with van der Waals surface area (Å²) in [7, 11) is -3.56. The van der Waals surface area contributed by atoms with Crippen LogP contribution in [0.3, 0.4) is 0 Å². The molecule has 3 N–H and O–H groups in total. The lowest BCUT2D eigenvalue weighted by Gasteiger charge is -2.11. The van der Waals surface area contributed by atoms with Gasteiger partial charge in [-0.3, -0.25) is 4.72 Å². The highest BCUT2D eigenvalue weighted by Gasteiger charge is 2.15. The molecule has 0 aliphatic carbocycles. The van der Waals surface area contributed by atoms with Gasteiger partial charge < -0.3 is 5.73 Å². The first-order valence-corrected chi connectivity index (χ1v) is 7.86. The third kappa shape index (κ3) is 3.61. The standard InChI is InChI=1S/C13H14ClN3O2S/c1-9-6-7-16-13(14)12(9)17-20(18,19)8-10-2-4-11(15)5-3-10/h2-7,17H,8,15H2,1H3. The van der Waals surface area contributed by atoms with Gasteiger partial charge in [0, 0.05) is 11.9 Å². The Kier molecular flexibility index (Phi) is 4.15. The average molecular weight is 312 g/mol. The summed E-state index contributed by atoms with van der Waals surface area (Å²) in [6.07, 6.45) is 1.52. The maximum Gasteiger partial charge on any atom is 0.237 e. The lowest BCUT2D eigenvalue weighted by atomic mass is 10.2. The minimum Gasteiger partial charge on any atom is -0.399 e. The summed E-state index contributed by atoms with van der Waals surface area (Å²) in [5.41, 5.74) is 7.82. The predicted octanol–water partition coefficient (Wildman–Crippen LogP) is 2.57. The Morgan fingerprint density at radius 3 is 2.50 bits per heavy atom. The molecule has 0 atom stereocenters. The van der Waals surface area contributed by atoms with E-state index in [4.69, 9.17) is 17.3 Å². The smallest absolute Gasteiger partial charge is 0.237 e. The van der Waals surface area contributed by atoms with Gasteiger partial charge in [0.2, 0.25) is 10.0 Å². The minimum atomic E-state index is -3.56. The Morgan fingerprint density at radius 2 is 1.90 bits per heavy atom. The number of halogens is 1. The first-order valence-electron chi connectivity index (χ1n) is 5.83. The van der Waals surface area contributed by atoms with E-state index < -0.39 is 10.0 Å². The molecule has 1 aromatic carbocycles. The quantitative estimate of drug-likeness (QED) is 0.671. The highest BCUT2D eigenvalue weighted by Crippen LogP contribution is 2.24. The van der Waals surface area contributed by atoms with Crippen molar-refractivity contribution in [3.63, 3.8) is 0 Å². The van der Waals surface area contributed by atoms with Crippen molar-refractivity contribution < 1.29 is 8.42 Å². The molecule has 0 spiro atoms. The lowest BCUT2D eigenvalue weighted by molar-refractivity contribution is 0.600. The molecule has 2 rings (SSSR count). The fraction of sp³-hybridized carbons (Fsp3) is 0.154. The van der Waals surface area contributed by atoms with Crippen molar-refractivity contribution in [2.45, 2.75) is 12.7 Å². The van der Waals surface area contributed by atoms with Gasteiger partial charge in [-0.05, 0) is 36.2 Å². The van der Waals surface area contributed by atoms with Gasteiger partial charge in [-0.15, -0.1) is 0 Å². The fourth-order valence-corrected chi connectivity index (χ4v) is 3.25. The normalized spacial score (nSPS) is 11.3.